The van der Waals surface area contributed by atoms with Crippen LogP contribution in [0.3, 0.4) is 0 Å². The molecule has 4 atom stereocenters. The molecule has 0 saturated carbocycles. The van der Waals surface area contributed by atoms with Crippen LogP contribution in [-0.2, 0) is 27.4 Å². The van der Waals surface area contributed by atoms with Crippen LogP contribution in [0.1, 0.15) is 228 Å². The molecule has 0 radical (unpaired) electrons. The van der Waals surface area contributed by atoms with Gasteiger partial charge in [0, 0.05) is 188 Å². The van der Waals surface area contributed by atoms with Crippen LogP contribution in [-0.4, -0.2) is 111 Å². The number of rotatable bonds is 47. The lowest BCUT2D eigenvalue weighted by Crippen LogP contribution is -2.01. The fourth-order valence-corrected chi connectivity index (χ4v) is 25.9. The third-order valence-electron chi connectivity index (χ3n) is 14.0. The van der Waals surface area contributed by atoms with Crippen molar-refractivity contribution in [3.05, 3.63) is 0 Å². The minimum Gasteiger partial charge on any atom is -0.324 e. The van der Waals surface area contributed by atoms with Crippen molar-refractivity contribution in [1.29, 1.82) is 63.1 Å². The highest BCUT2D eigenvalue weighted by atomic mass is 31.2. The van der Waals surface area contributed by atoms with Gasteiger partial charge in [0.25, 0.3) is 0 Å². The fourth-order valence-electron chi connectivity index (χ4n) is 9.23. The molecule has 18 nitrogen and oxygen atoms in total. The summed E-state index contributed by atoms with van der Waals surface area (Å²) in [4.78, 5) is 0. The molecule has 0 spiro atoms. The second kappa shape index (κ2) is 69.2. The molecule has 0 amide bonds. The highest BCUT2D eigenvalue weighted by Crippen LogP contribution is 2.51. The molecule has 0 N–H and O–H groups in total. The molecule has 4 unspecified atom stereocenters. The Morgan fingerprint density at radius 2 is 0.326 bits per heavy atom. The van der Waals surface area contributed by atoms with E-state index < -0.39 is 42.9 Å². The van der Waals surface area contributed by atoms with Crippen LogP contribution in [0.15, 0.2) is 0 Å². The summed E-state index contributed by atoms with van der Waals surface area (Å²) in [5, 5.41) is 101. The predicted octanol–water partition coefficient (Wildman–Crippen LogP) is 19.8. The fraction of sp³-hybridized carbons (Fsp3) is 0.815. The second-order valence-corrected chi connectivity index (χ2v) is 42.9. The molecule has 0 rings (SSSR count). The van der Waals surface area contributed by atoms with Gasteiger partial charge in [0.05, 0.1) is 116 Å². The van der Waals surface area contributed by atoms with E-state index >= 15 is 0 Å². The minimum absolute atomic E-state index is 0.350. The number of nitrogens with zero attached hydrogens (tertiary/aromatic N) is 12. The molecule has 0 saturated heterocycles. The second-order valence-electron chi connectivity index (χ2n) is 22.2. The maximum absolute atomic E-state index is 12.5. The third kappa shape index (κ3) is 67.5. The Morgan fingerprint density at radius 3 is 0.539 bits per heavy atom. The van der Waals surface area contributed by atoms with Crippen molar-refractivity contribution >= 4 is 42.9 Å². The summed E-state index contributed by atoms with van der Waals surface area (Å²) in [6.45, 7) is 12.2. The van der Waals surface area contributed by atoms with Crippen LogP contribution >= 0.6 is 42.9 Å². The first kappa shape index (κ1) is 95.4. The van der Waals surface area contributed by atoms with Gasteiger partial charge in [-0.1, -0.05) is 60.8 Å². The predicted molar refractivity (Wildman–Crippen MR) is 369 cm³/mol. The Morgan fingerprint density at radius 1 is 0.169 bits per heavy atom. The zero-order valence-electron chi connectivity index (χ0n) is 55.7. The van der Waals surface area contributed by atoms with Crippen molar-refractivity contribution in [3.8, 4) is 72.8 Å². The molecule has 0 aromatic carbocycles. The first-order chi connectivity index (χ1) is 42.6. The lowest BCUT2D eigenvalue weighted by atomic mass is 10.2. The van der Waals surface area contributed by atoms with Gasteiger partial charge in [0.1, 0.15) is 0 Å². The third-order valence-corrected chi connectivity index (χ3v) is 34.4. The van der Waals surface area contributed by atoms with E-state index in [2.05, 4.69) is 68.5 Å². The van der Waals surface area contributed by atoms with Crippen LogP contribution in [0.4, 0.5) is 0 Å². The van der Waals surface area contributed by atoms with Crippen LogP contribution in [0.25, 0.3) is 0 Å². The monoisotopic (exact) mass is 1340 g/mol. The van der Waals surface area contributed by atoms with E-state index in [-0.39, 0.29) is 0 Å². The Kier molecular flexibility index (Phi) is 74.1. The average molecular weight is 1340 g/mol. The Labute approximate surface area is 542 Å². The van der Waals surface area contributed by atoms with Crippen molar-refractivity contribution in [2.24, 2.45) is 0 Å². The van der Waals surface area contributed by atoms with E-state index in [1.54, 1.807) is 0 Å². The van der Waals surface area contributed by atoms with Gasteiger partial charge in [-0.05, 0) is 89.9 Å². The van der Waals surface area contributed by atoms with E-state index in [4.69, 9.17) is 63.1 Å². The molecule has 0 aliphatic rings. The summed E-state index contributed by atoms with van der Waals surface area (Å²) in [6.07, 6.45) is 32.2. The molecule has 0 heterocycles. The van der Waals surface area contributed by atoms with Crippen molar-refractivity contribution in [2.45, 2.75) is 228 Å². The summed E-state index contributed by atoms with van der Waals surface area (Å²) in [6, 6.07) is 24.7. The number of hydrogen-bond donors (Lipinski definition) is 0. The first-order valence-electron chi connectivity index (χ1n) is 32.5. The largest absolute Gasteiger partial charge is 0.324 e. The summed E-state index contributed by atoms with van der Waals surface area (Å²) >= 11 is 0. The molecule has 0 fully saturated rings. The van der Waals surface area contributed by atoms with Crippen molar-refractivity contribution in [3.63, 3.8) is 0 Å². The molecule has 498 valence electrons. The van der Waals surface area contributed by atoms with Gasteiger partial charge in [-0.15, -0.1) is 0 Å². The molecule has 0 bridgehead atoms. The van der Waals surface area contributed by atoms with Gasteiger partial charge in [-0.2, -0.15) is 63.1 Å². The van der Waals surface area contributed by atoms with E-state index in [1.807, 2.05) is 45.9 Å². The van der Waals surface area contributed by atoms with E-state index in [9.17, 15) is 27.4 Å². The minimum atomic E-state index is -2.20. The van der Waals surface area contributed by atoms with Crippen LogP contribution in [0.5, 0.6) is 0 Å². The lowest BCUT2D eigenvalue weighted by molar-refractivity contribution is 0.568. The molecule has 24 heteroatoms. The summed E-state index contributed by atoms with van der Waals surface area (Å²) in [5.41, 5.74) is 0. The lowest BCUT2D eigenvalue weighted by Gasteiger charge is -2.16. The first-order valence-corrected chi connectivity index (χ1v) is 46.0. The van der Waals surface area contributed by atoms with Gasteiger partial charge in [-0.25, -0.2) is 0 Å². The molecular weight excluding hydrogens is 1230 g/mol. The maximum Gasteiger partial charge on any atom is 0.0897 e. The smallest absolute Gasteiger partial charge is 0.0897 e. The molecule has 0 aromatic rings. The highest BCUT2D eigenvalue weighted by molar-refractivity contribution is 7.65. The number of hydrogen-bond acceptors (Lipinski definition) is 18. The summed E-state index contributed by atoms with van der Waals surface area (Å²) < 4.78 is 73.8. The van der Waals surface area contributed by atoms with Gasteiger partial charge in [-0.3, -0.25) is 0 Å². The summed E-state index contributed by atoms with van der Waals surface area (Å²) in [5.74, 6) is 0. The van der Waals surface area contributed by atoms with Crippen LogP contribution < -0.4 is 0 Å². The topological polar surface area (TPSA) is 388 Å². The number of unbranched alkanes of at least 4 members (excludes halogenated alkanes) is 11. The molecule has 0 aromatic heterocycles. The van der Waals surface area contributed by atoms with E-state index in [1.165, 1.54) is 0 Å². The zero-order valence-corrected chi connectivity index (χ0v) is 61.1. The highest BCUT2D eigenvalue weighted by Gasteiger charge is 2.24. The van der Waals surface area contributed by atoms with Crippen molar-refractivity contribution in [2.75, 3.05) is 111 Å². The Bertz CT molecular complexity index is 2590. The van der Waals surface area contributed by atoms with Gasteiger partial charge >= 0.3 is 0 Å². The molecule has 89 heavy (non-hydrogen) atoms. The maximum atomic E-state index is 12.5. The average Bonchev–Trinajstić information content (AvgIpc) is 3.74. The quantitative estimate of drug-likeness (QED) is 0.0403. The van der Waals surface area contributed by atoms with Gasteiger partial charge in [0.15, 0.2) is 0 Å². The zero-order chi connectivity index (χ0) is 68.7. The van der Waals surface area contributed by atoms with Crippen molar-refractivity contribution < 1.29 is 27.4 Å². The Hall–Kier alpha value is -4.74. The van der Waals surface area contributed by atoms with Crippen molar-refractivity contribution in [1.82, 2.24) is 0 Å². The van der Waals surface area contributed by atoms with Crippen LogP contribution in [0.2, 0.25) is 0 Å². The van der Waals surface area contributed by atoms with Gasteiger partial charge < -0.3 is 27.4 Å². The van der Waals surface area contributed by atoms with Gasteiger partial charge in [0.2, 0.25) is 0 Å². The van der Waals surface area contributed by atoms with E-state index in [0.717, 1.165) is 133 Å². The summed E-state index contributed by atoms with van der Waals surface area (Å²) in [7, 11) is -12.8. The van der Waals surface area contributed by atoms with Crippen LogP contribution in [0, 0.1) is 136 Å². The standard InChI is InChI=1S/2C12H21N2OP.2C11H19N2OP.C10H17N2OP.C9H15N2OP/c1-2-10-16(15,12-7-9-14)11-6-4-3-5-8-13;1-2-3-10-16(15,11-6-4-8-13)12-7-5-9-14;1-2-9-15(14,11-6-8-13)10-5-3-4-7-12;1-2-3-9-15(14,11-6-8-13)10-5-4-7-12;1-2-8-14(13,10-5-7-12)9-4-3-6-11;1-2-7-13(12,8-3-5-10)9-4-6-11/h2*2-7,10-12H2,1H3;2*2-6,9-11H2,1H3;2-5,8-10H2,1H3;2-4,7-9H2,1H3. The molecule has 0 aliphatic carbocycles. The SMILES string of the molecule is CCCCP(=O)(CCC#N)CCCC#N.CCCCP(=O)(CCCC#N)CCCC#N.CCCP(=O)(CCC#N)CCC#N.CCCP(=O)(CCC#N)CCCC#N.CCCP(=O)(CCC#N)CCCCC#N.CCCP(=O)(CCC#N)CCCCCC#N. The number of nitriles is 12. The normalized spacial score (nSPS) is 12.7. The van der Waals surface area contributed by atoms with E-state index in [0.29, 0.717) is 164 Å². The molecule has 0 aliphatic heterocycles. The molecular formula is C65H112N12O6P6. The Balaban J connectivity index is -0.000000233.